The van der Waals surface area contributed by atoms with Gasteiger partial charge >= 0.3 is 11.9 Å². The lowest BCUT2D eigenvalue weighted by Crippen LogP contribution is -2.52. The van der Waals surface area contributed by atoms with Gasteiger partial charge in [-0.2, -0.15) is 11.8 Å². The summed E-state index contributed by atoms with van der Waals surface area (Å²) >= 11 is 1.44. The van der Waals surface area contributed by atoms with Gasteiger partial charge in [-0.3, -0.25) is 19.2 Å². The van der Waals surface area contributed by atoms with Crippen LogP contribution < -0.4 is 16.4 Å². The smallest absolute Gasteiger partial charge is 0.322 e. The monoisotopic (exact) mass is 321 g/mol. The van der Waals surface area contributed by atoms with Gasteiger partial charge in [-0.15, -0.1) is 0 Å². The van der Waals surface area contributed by atoms with Gasteiger partial charge in [0.1, 0.15) is 12.6 Å². The second kappa shape index (κ2) is 10.00. The zero-order chi connectivity index (χ0) is 16.4. The highest BCUT2D eigenvalue weighted by molar-refractivity contribution is 7.98. The molecule has 6 N–H and O–H groups in total. The molecule has 21 heavy (non-hydrogen) atoms. The molecule has 0 bridgehead atoms. The first-order chi connectivity index (χ1) is 9.77. The molecule has 0 aliphatic rings. The number of nitrogens with one attached hydrogen (secondary N) is 2. The maximum Gasteiger partial charge on any atom is 0.322 e. The molecule has 0 aromatic rings. The molecule has 0 aromatic carbocycles. The van der Waals surface area contributed by atoms with Gasteiger partial charge in [0.05, 0.1) is 12.5 Å². The average Bonchev–Trinajstić information content (AvgIpc) is 2.39. The standard InChI is InChI=1S/C11H19N3O6S/c1-21-3-2-7(11(20)13-5-9(17)18)14-10(19)6(12)4-8(15)16/h6-7H,2-5,12H2,1H3,(H,13,20)(H,14,19)(H,15,16)(H,17,18)/t6-,7-/m0/s1. The first kappa shape index (κ1) is 19.2. The van der Waals surface area contributed by atoms with E-state index in [0.29, 0.717) is 5.75 Å². The number of nitrogens with two attached hydrogens (primary N) is 1. The molecule has 0 aliphatic carbocycles. The Kier molecular flexibility index (Phi) is 9.13. The first-order valence-electron chi connectivity index (χ1n) is 6.04. The normalized spacial score (nSPS) is 13.0. The molecule has 0 saturated carbocycles. The number of hydrogen-bond donors (Lipinski definition) is 5. The van der Waals surface area contributed by atoms with E-state index in [0.717, 1.165) is 0 Å². The van der Waals surface area contributed by atoms with Crippen LogP contribution in [0.1, 0.15) is 12.8 Å². The number of carboxylic acids is 2. The summed E-state index contributed by atoms with van der Waals surface area (Å²) in [5.41, 5.74) is 5.39. The molecule has 2 amide bonds. The first-order valence-corrected chi connectivity index (χ1v) is 7.43. The third-order valence-electron chi connectivity index (χ3n) is 2.39. The molecule has 0 aliphatic heterocycles. The zero-order valence-corrected chi connectivity index (χ0v) is 12.3. The fourth-order valence-electron chi connectivity index (χ4n) is 1.35. The minimum Gasteiger partial charge on any atom is -0.481 e. The molecular formula is C11H19N3O6S. The summed E-state index contributed by atoms with van der Waals surface area (Å²) in [5, 5.41) is 21.5. The maximum absolute atomic E-state index is 11.8. The molecule has 9 nitrogen and oxygen atoms in total. The van der Waals surface area contributed by atoms with Crippen molar-refractivity contribution in [3.05, 3.63) is 0 Å². The van der Waals surface area contributed by atoms with E-state index in [1.807, 2.05) is 6.26 Å². The summed E-state index contributed by atoms with van der Waals surface area (Å²) in [6, 6.07) is -2.23. The molecule has 0 spiro atoms. The van der Waals surface area contributed by atoms with Gasteiger partial charge in [0.2, 0.25) is 11.8 Å². The van der Waals surface area contributed by atoms with Gasteiger partial charge in [0.25, 0.3) is 0 Å². The Labute approximate surface area is 125 Å². The van der Waals surface area contributed by atoms with E-state index in [1.165, 1.54) is 11.8 Å². The van der Waals surface area contributed by atoms with E-state index in [1.54, 1.807) is 0 Å². The van der Waals surface area contributed by atoms with Crippen LogP contribution in [-0.2, 0) is 19.2 Å². The third-order valence-corrected chi connectivity index (χ3v) is 3.03. The molecule has 0 rings (SSSR count). The van der Waals surface area contributed by atoms with Crippen molar-refractivity contribution in [1.82, 2.24) is 10.6 Å². The highest BCUT2D eigenvalue weighted by Crippen LogP contribution is 2.02. The average molecular weight is 321 g/mol. The molecule has 2 atom stereocenters. The van der Waals surface area contributed by atoms with Gasteiger partial charge < -0.3 is 26.6 Å². The molecule has 0 unspecified atom stereocenters. The summed E-state index contributed by atoms with van der Waals surface area (Å²) in [7, 11) is 0. The van der Waals surface area contributed by atoms with E-state index in [9.17, 15) is 19.2 Å². The minimum absolute atomic E-state index is 0.276. The summed E-state index contributed by atoms with van der Waals surface area (Å²) in [4.78, 5) is 44.3. The number of carboxylic acid groups (broad SMARTS) is 2. The molecule has 10 heteroatoms. The number of amides is 2. The van der Waals surface area contributed by atoms with Crippen molar-refractivity contribution in [1.29, 1.82) is 0 Å². The lowest BCUT2D eigenvalue weighted by Gasteiger charge is -2.19. The molecule has 0 fully saturated rings. The van der Waals surface area contributed by atoms with Crippen LogP contribution in [0, 0.1) is 0 Å². The lowest BCUT2D eigenvalue weighted by molar-refractivity contribution is -0.140. The summed E-state index contributed by atoms with van der Waals surface area (Å²) in [6.45, 7) is -0.564. The van der Waals surface area contributed by atoms with Gasteiger partial charge in [-0.1, -0.05) is 0 Å². The maximum atomic E-state index is 11.8. The number of carbonyl (C=O) groups is 4. The van der Waals surface area contributed by atoms with Crippen LogP contribution in [0.25, 0.3) is 0 Å². The number of hydrogen-bond acceptors (Lipinski definition) is 6. The van der Waals surface area contributed by atoms with E-state index < -0.39 is 48.8 Å². The highest BCUT2D eigenvalue weighted by Gasteiger charge is 2.24. The number of carbonyl (C=O) groups excluding carboxylic acids is 2. The largest absolute Gasteiger partial charge is 0.481 e. The third kappa shape index (κ3) is 8.87. The molecular weight excluding hydrogens is 302 g/mol. The van der Waals surface area contributed by atoms with Gasteiger partial charge in [-0.25, -0.2) is 0 Å². The van der Waals surface area contributed by atoms with Crippen molar-refractivity contribution < 1.29 is 29.4 Å². The molecule has 0 heterocycles. The van der Waals surface area contributed by atoms with Crippen LogP contribution in [0.5, 0.6) is 0 Å². The van der Waals surface area contributed by atoms with Crippen LogP contribution in [0.3, 0.4) is 0 Å². The van der Waals surface area contributed by atoms with Crippen LogP contribution in [0.15, 0.2) is 0 Å². The minimum atomic E-state index is -1.27. The van der Waals surface area contributed by atoms with Crippen molar-refractivity contribution in [2.75, 3.05) is 18.6 Å². The Bertz CT molecular complexity index is 403. The van der Waals surface area contributed by atoms with Gasteiger partial charge in [0, 0.05) is 0 Å². The Morgan fingerprint density at radius 1 is 1.14 bits per heavy atom. The van der Waals surface area contributed by atoms with Crippen molar-refractivity contribution in [2.45, 2.75) is 24.9 Å². The number of aliphatic carboxylic acids is 2. The molecule has 0 radical (unpaired) electrons. The fraction of sp³-hybridized carbons (Fsp3) is 0.636. The Morgan fingerprint density at radius 2 is 1.76 bits per heavy atom. The predicted molar refractivity (Wildman–Crippen MR) is 75.8 cm³/mol. The Morgan fingerprint density at radius 3 is 2.24 bits per heavy atom. The van der Waals surface area contributed by atoms with Crippen molar-refractivity contribution in [2.24, 2.45) is 5.73 Å². The topological polar surface area (TPSA) is 159 Å². The van der Waals surface area contributed by atoms with Gasteiger partial charge in [0.15, 0.2) is 0 Å². The Balaban J connectivity index is 4.59. The SMILES string of the molecule is CSCC[C@H](NC(=O)[C@@H](N)CC(=O)O)C(=O)NCC(=O)O. The lowest BCUT2D eigenvalue weighted by atomic mass is 10.1. The van der Waals surface area contributed by atoms with Crippen LogP contribution >= 0.6 is 11.8 Å². The summed E-state index contributed by atoms with van der Waals surface area (Å²) < 4.78 is 0. The zero-order valence-electron chi connectivity index (χ0n) is 11.5. The Hall–Kier alpha value is -1.81. The van der Waals surface area contributed by atoms with Crippen LogP contribution in [0.4, 0.5) is 0 Å². The van der Waals surface area contributed by atoms with E-state index in [2.05, 4.69) is 10.6 Å². The van der Waals surface area contributed by atoms with Crippen LogP contribution in [-0.4, -0.2) is 64.6 Å². The number of rotatable bonds is 10. The fourth-order valence-corrected chi connectivity index (χ4v) is 1.82. The van der Waals surface area contributed by atoms with E-state index in [-0.39, 0.29) is 6.42 Å². The van der Waals surface area contributed by atoms with Gasteiger partial charge in [-0.05, 0) is 18.4 Å². The molecule has 120 valence electrons. The summed E-state index contributed by atoms with van der Waals surface area (Å²) in [5.74, 6) is -3.30. The van der Waals surface area contributed by atoms with E-state index in [4.69, 9.17) is 15.9 Å². The quantitative estimate of drug-likeness (QED) is 0.316. The highest BCUT2D eigenvalue weighted by atomic mass is 32.2. The second-order valence-corrected chi connectivity index (χ2v) is 5.14. The van der Waals surface area contributed by atoms with Crippen molar-refractivity contribution >= 4 is 35.5 Å². The molecule has 0 aromatic heterocycles. The second-order valence-electron chi connectivity index (χ2n) is 4.16. The van der Waals surface area contributed by atoms with Crippen molar-refractivity contribution in [3.63, 3.8) is 0 Å². The van der Waals surface area contributed by atoms with E-state index >= 15 is 0 Å². The van der Waals surface area contributed by atoms with Crippen molar-refractivity contribution in [3.8, 4) is 0 Å². The predicted octanol–water partition coefficient (Wildman–Crippen LogP) is -1.77. The number of thioether (sulfide) groups is 1. The van der Waals surface area contributed by atoms with Crippen LogP contribution in [0.2, 0.25) is 0 Å². The molecule has 0 saturated heterocycles. The summed E-state index contributed by atoms with van der Waals surface area (Å²) in [6.07, 6.45) is 1.53.